The molecule has 31 heavy (non-hydrogen) atoms. The number of methoxy groups -OCH3 is 2. The van der Waals surface area contributed by atoms with Crippen molar-refractivity contribution < 1.29 is 19.0 Å². The van der Waals surface area contributed by atoms with Crippen molar-refractivity contribution >= 4 is 18.3 Å². The van der Waals surface area contributed by atoms with Gasteiger partial charge in [0.1, 0.15) is 0 Å². The Labute approximate surface area is 194 Å². The summed E-state index contributed by atoms with van der Waals surface area (Å²) in [6, 6.07) is 8.23. The van der Waals surface area contributed by atoms with Gasteiger partial charge in [0.05, 0.1) is 19.8 Å². The van der Waals surface area contributed by atoms with Gasteiger partial charge in [-0.3, -0.25) is 4.79 Å². The van der Waals surface area contributed by atoms with Crippen molar-refractivity contribution in [3.63, 3.8) is 0 Å². The van der Waals surface area contributed by atoms with Crippen LogP contribution in [0.5, 0.6) is 11.5 Å². The Morgan fingerprint density at radius 1 is 1.06 bits per heavy atom. The van der Waals surface area contributed by atoms with E-state index in [2.05, 4.69) is 23.5 Å². The lowest BCUT2D eigenvalue weighted by molar-refractivity contribution is -0.124. The van der Waals surface area contributed by atoms with Gasteiger partial charge in [-0.05, 0) is 43.4 Å². The minimum atomic E-state index is 0. The highest BCUT2D eigenvalue weighted by Crippen LogP contribution is 2.29. The van der Waals surface area contributed by atoms with Crippen LogP contribution in [0.3, 0.4) is 0 Å². The number of aryl methyl sites for hydroxylation is 1. The molecule has 0 aromatic heterocycles. The van der Waals surface area contributed by atoms with Crippen LogP contribution < -0.4 is 14.8 Å². The molecular weight excluding hydrogens is 416 g/mol. The fraction of sp³-hybridized carbons (Fsp3) is 0.667. The monoisotopic (exact) mass is 454 g/mol. The van der Waals surface area contributed by atoms with Gasteiger partial charge in [0, 0.05) is 39.0 Å². The van der Waals surface area contributed by atoms with Gasteiger partial charge in [0.2, 0.25) is 5.91 Å². The van der Waals surface area contributed by atoms with Gasteiger partial charge < -0.3 is 19.5 Å². The van der Waals surface area contributed by atoms with E-state index in [1.54, 1.807) is 14.2 Å². The average Bonchev–Trinajstić information content (AvgIpc) is 2.76. The molecule has 0 aliphatic heterocycles. The van der Waals surface area contributed by atoms with E-state index in [1.165, 1.54) is 5.56 Å². The van der Waals surface area contributed by atoms with Crippen molar-refractivity contribution in [2.45, 2.75) is 64.7 Å². The van der Waals surface area contributed by atoms with Gasteiger partial charge in [-0.2, -0.15) is 5.26 Å². The summed E-state index contributed by atoms with van der Waals surface area (Å²) in [5.41, 5.74) is 1.25. The third-order valence-corrected chi connectivity index (χ3v) is 5.04. The summed E-state index contributed by atoms with van der Waals surface area (Å²) < 4.78 is 16.3. The number of amides is 1. The van der Waals surface area contributed by atoms with Crippen LogP contribution in [0.4, 0.5) is 0 Å². The van der Waals surface area contributed by atoms with Crippen LogP contribution in [0, 0.1) is 17.2 Å². The summed E-state index contributed by atoms with van der Waals surface area (Å²) in [4.78, 5) is 12.0. The molecule has 0 aliphatic carbocycles. The molecule has 0 bridgehead atoms. The molecule has 0 unspecified atom stereocenters. The Morgan fingerprint density at radius 3 is 2.55 bits per heavy atom. The Morgan fingerprint density at radius 2 is 1.84 bits per heavy atom. The number of unbranched alkanes of at least 4 members (excludes halogenated alkanes) is 4. The van der Waals surface area contributed by atoms with Gasteiger partial charge in [0.15, 0.2) is 11.5 Å². The molecule has 1 atom stereocenters. The maximum absolute atomic E-state index is 12.0. The second-order valence-corrected chi connectivity index (χ2v) is 7.59. The van der Waals surface area contributed by atoms with Crippen LogP contribution in [0.1, 0.15) is 63.9 Å². The van der Waals surface area contributed by atoms with E-state index in [0.717, 1.165) is 62.9 Å². The minimum absolute atomic E-state index is 0. The van der Waals surface area contributed by atoms with E-state index in [-0.39, 0.29) is 24.2 Å². The van der Waals surface area contributed by atoms with Crippen LogP contribution in [0.15, 0.2) is 18.2 Å². The van der Waals surface area contributed by atoms with Crippen molar-refractivity contribution in [1.82, 2.24) is 5.32 Å². The first-order valence-corrected chi connectivity index (χ1v) is 11.1. The topological polar surface area (TPSA) is 80.6 Å². The van der Waals surface area contributed by atoms with Crippen LogP contribution in [-0.4, -0.2) is 39.9 Å². The summed E-state index contributed by atoms with van der Waals surface area (Å²) >= 11 is 0. The Kier molecular flexibility index (Phi) is 17.6. The highest BCUT2D eigenvalue weighted by molar-refractivity contribution is 5.85. The van der Waals surface area contributed by atoms with Crippen molar-refractivity contribution in [3.8, 4) is 17.6 Å². The van der Waals surface area contributed by atoms with Gasteiger partial charge in [-0.1, -0.05) is 32.3 Å². The molecule has 0 heterocycles. The van der Waals surface area contributed by atoms with Crippen molar-refractivity contribution in [2.75, 3.05) is 34.0 Å². The fourth-order valence-electron chi connectivity index (χ4n) is 3.19. The zero-order valence-electron chi connectivity index (χ0n) is 19.3. The van der Waals surface area contributed by atoms with Crippen molar-refractivity contribution in [3.05, 3.63) is 23.8 Å². The van der Waals surface area contributed by atoms with Crippen LogP contribution in [0.25, 0.3) is 0 Å². The summed E-state index contributed by atoms with van der Waals surface area (Å²) in [5, 5.41) is 11.4. The Bertz CT molecular complexity index is 649. The number of nitrogens with zero attached hydrogens (tertiary/aromatic N) is 1. The zero-order chi connectivity index (χ0) is 22.0. The van der Waals surface area contributed by atoms with Gasteiger partial charge in [-0.25, -0.2) is 0 Å². The third-order valence-electron chi connectivity index (χ3n) is 5.04. The Balaban J connectivity index is 0.00000900. The standard InChI is InChI=1S/C24H38N2O4.ClH/c1-20(24(27)26-16-9-8-15-25)11-6-4-5-7-12-21-13-14-22(29-3)23(19-21)30-18-10-17-28-2;/h13-14,19-20H,4-12,16-18H2,1-3H3,(H,26,27);1H/t20-;/m1./s1. The number of nitriles is 1. The number of hydrogen-bond acceptors (Lipinski definition) is 5. The molecule has 6 nitrogen and oxygen atoms in total. The minimum Gasteiger partial charge on any atom is -0.493 e. The van der Waals surface area contributed by atoms with E-state index < -0.39 is 0 Å². The van der Waals surface area contributed by atoms with E-state index in [4.69, 9.17) is 19.5 Å². The summed E-state index contributed by atoms with van der Waals surface area (Å²) in [6.07, 6.45) is 8.42. The molecule has 176 valence electrons. The first-order valence-electron chi connectivity index (χ1n) is 11.1. The molecule has 0 spiro atoms. The second kappa shape index (κ2) is 18.8. The predicted octanol–water partition coefficient (Wildman–Crippen LogP) is 5.08. The first-order chi connectivity index (χ1) is 14.6. The number of nitrogens with one attached hydrogen (secondary N) is 1. The van der Waals surface area contributed by atoms with Gasteiger partial charge in [0.25, 0.3) is 0 Å². The summed E-state index contributed by atoms with van der Waals surface area (Å²) in [6.45, 7) is 3.86. The van der Waals surface area contributed by atoms with E-state index in [9.17, 15) is 4.79 Å². The number of ether oxygens (including phenoxy) is 3. The van der Waals surface area contributed by atoms with Crippen molar-refractivity contribution in [1.29, 1.82) is 5.26 Å². The van der Waals surface area contributed by atoms with Crippen LogP contribution in [-0.2, 0) is 16.0 Å². The average molecular weight is 455 g/mol. The van der Waals surface area contributed by atoms with E-state index in [0.29, 0.717) is 26.2 Å². The number of rotatable bonds is 17. The number of hydrogen-bond donors (Lipinski definition) is 1. The number of carbonyl (C=O) groups excluding carboxylic acids is 1. The van der Waals surface area contributed by atoms with Crippen molar-refractivity contribution in [2.24, 2.45) is 5.92 Å². The molecule has 0 aliphatic rings. The molecule has 0 saturated carbocycles. The highest BCUT2D eigenvalue weighted by atomic mass is 35.5. The molecular formula is C24H39ClN2O4. The van der Waals surface area contributed by atoms with Crippen LogP contribution >= 0.6 is 12.4 Å². The zero-order valence-corrected chi connectivity index (χ0v) is 20.1. The molecule has 1 N–H and O–H groups in total. The fourth-order valence-corrected chi connectivity index (χ4v) is 3.19. The molecule has 1 rings (SSSR count). The summed E-state index contributed by atoms with van der Waals surface area (Å²) in [7, 11) is 3.35. The van der Waals surface area contributed by atoms with Gasteiger partial charge in [-0.15, -0.1) is 12.4 Å². The summed E-state index contributed by atoms with van der Waals surface area (Å²) in [5.74, 6) is 1.69. The van der Waals surface area contributed by atoms with Gasteiger partial charge >= 0.3 is 0 Å². The molecule has 7 heteroatoms. The molecule has 1 aromatic carbocycles. The predicted molar refractivity (Wildman–Crippen MR) is 126 cm³/mol. The molecule has 0 saturated heterocycles. The Hall–Kier alpha value is -1.97. The number of benzene rings is 1. The maximum atomic E-state index is 12.0. The van der Waals surface area contributed by atoms with E-state index in [1.807, 2.05) is 13.0 Å². The lowest BCUT2D eigenvalue weighted by Gasteiger charge is -2.13. The largest absolute Gasteiger partial charge is 0.493 e. The number of carbonyl (C=O) groups is 1. The molecule has 1 amide bonds. The lowest BCUT2D eigenvalue weighted by Crippen LogP contribution is -2.29. The van der Waals surface area contributed by atoms with E-state index >= 15 is 0 Å². The molecule has 0 fully saturated rings. The molecule has 0 radical (unpaired) electrons. The van der Waals surface area contributed by atoms with Crippen LogP contribution in [0.2, 0.25) is 0 Å². The maximum Gasteiger partial charge on any atom is 0.222 e. The highest BCUT2D eigenvalue weighted by Gasteiger charge is 2.11. The SMILES string of the molecule is COCCCOc1cc(CCCCCC[C@@H](C)C(=O)NCCCC#N)ccc1OC.Cl. The quantitative estimate of drug-likeness (QED) is 0.332. The normalized spacial score (nSPS) is 11.2. The lowest BCUT2D eigenvalue weighted by atomic mass is 10.00. The smallest absolute Gasteiger partial charge is 0.222 e. The molecule has 1 aromatic rings. The first kappa shape index (κ1) is 29.0. The third kappa shape index (κ3) is 13.1. The second-order valence-electron chi connectivity index (χ2n) is 7.59. The number of halogens is 1.